The summed E-state index contributed by atoms with van der Waals surface area (Å²) in [6.45, 7) is 10.2. The maximum Gasteiger partial charge on any atom is 0.251 e. The van der Waals surface area contributed by atoms with Gasteiger partial charge in [0.05, 0.1) is 6.61 Å². The second-order valence-corrected chi connectivity index (χ2v) is 8.21. The van der Waals surface area contributed by atoms with Gasteiger partial charge >= 0.3 is 0 Å². The van der Waals surface area contributed by atoms with Crippen molar-refractivity contribution in [1.29, 1.82) is 0 Å². The van der Waals surface area contributed by atoms with Crippen molar-refractivity contribution in [1.82, 2.24) is 10.6 Å². The number of nitrogens with one attached hydrogen (secondary N) is 3. The molecule has 2 aromatic carbocycles. The first kappa shape index (κ1) is 24.9. The molecule has 32 heavy (non-hydrogen) atoms. The van der Waals surface area contributed by atoms with Crippen molar-refractivity contribution in [3.05, 3.63) is 59.7 Å². The van der Waals surface area contributed by atoms with Gasteiger partial charge in [-0.2, -0.15) is 0 Å². The van der Waals surface area contributed by atoms with Gasteiger partial charge in [-0.15, -0.1) is 0 Å². The van der Waals surface area contributed by atoms with Crippen LogP contribution in [0.5, 0.6) is 5.75 Å². The van der Waals surface area contributed by atoms with Gasteiger partial charge in [-0.05, 0) is 54.8 Å². The van der Waals surface area contributed by atoms with Crippen molar-refractivity contribution in [2.24, 2.45) is 11.8 Å². The minimum Gasteiger partial charge on any atom is -0.494 e. The molecule has 0 bridgehead atoms. The van der Waals surface area contributed by atoms with Crippen LogP contribution < -0.4 is 20.7 Å². The topological polar surface area (TPSA) is 96.5 Å². The highest BCUT2D eigenvalue weighted by atomic mass is 16.5. The van der Waals surface area contributed by atoms with Crippen LogP contribution in [0.25, 0.3) is 0 Å². The summed E-state index contributed by atoms with van der Waals surface area (Å²) in [4.78, 5) is 37.1. The zero-order valence-corrected chi connectivity index (χ0v) is 19.4. The zero-order chi connectivity index (χ0) is 23.7. The lowest BCUT2D eigenvalue weighted by atomic mass is 10.0. The van der Waals surface area contributed by atoms with E-state index in [0.717, 1.165) is 5.56 Å². The average molecular weight is 440 g/mol. The largest absolute Gasteiger partial charge is 0.494 e. The monoisotopic (exact) mass is 439 g/mol. The molecule has 0 fully saturated rings. The first-order valence-electron chi connectivity index (χ1n) is 10.9. The Hall–Kier alpha value is -3.35. The molecule has 3 N–H and O–H groups in total. The molecule has 3 amide bonds. The van der Waals surface area contributed by atoms with Crippen LogP contribution in [0, 0.1) is 11.8 Å². The Kier molecular flexibility index (Phi) is 9.25. The van der Waals surface area contributed by atoms with Gasteiger partial charge < -0.3 is 20.7 Å². The van der Waals surface area contributed by atoms with Crippen molar-refractivity contribution < 1.29 is 19.1 Å². The highest BCUT2D eigenvalue weighted by Gasteiger charge is 2.24. The molecule has 0 aliphatic rings. The van der Waals surface area contributed by atoms with Crippen molar-refractivity contribution in [3.63, 3.8) is 0 Å². The van der Waals surface area contributed by atoms with Crippen molar-refractivity contribution >= 4 is 23.4 Å². The highest BCUT2D eigenvalue weighted by Crippen LogP contribution is 2.14. The average Bonchev–Trinajstić information content (AvgIpc) is 2.77. The van der Waals surface area contributed by atoms with E-state index < -0.39 is 6.04 Å². The molecule has 0 saturated carbocycles. The second-order valence-electron chi connectivity index (χ2n) is 8.21. The number of ether oxygens (including phenoxy) is 1. The number of hydrogen-bond donors (Lipinski definition) is 3. The number of hydrogen-bond acceptors (Lipinski definition) is 4. The van der Waals surface area contributed by atoms with E-state index in [0.29, 0.717) is 30.2 Å². The van der Waals surface area contributed by atoms with Gasteiger partial charge in [-0.1, -0.05) is 39.8 Å². The lowest BCUT2D eigenvalue weighted by Gasteiger charge is -2.22. The molecular formula is C25H33N3O4. The number of rotatable bonds is 10. The van der Waals surface area contributed by atoms with Crippen LogP contribution >= 0.6 is 0 Å². The van der Waals surface area contributed by atoms with Crippen molar-refractivity contribution in [2.45, 2.75) is 47.2 Å². The molecule has 0 heterocycles. The van der Waals surface area contributed by atoms with E-state index in [1.54, 1.807) is 36.4 Å². The van der Waals surface area contributed by atoms with E-state index in [9.17, 15) is 14.4 Å². The molecule has 0 aliphatic carbocycles. The fourth-order valence-corrected chi connectivity index (χ4v) is 2.92. The number of anilines is 1. The van der Waals surface area contributed by atoms with Crippen LogP contribution in [0.4, 0.5) is 5.69 Å². The molecule has 0 aliphatic heterocycles. The smallest absolute Gasteiger partial charge is 0.251 e. The molecule has 0 saturated heterocycles. The van der Waals surface area contributed by atoms with E-state index in [-0.39, 0.29) is 29.6 Å². The number of carbonyl (C=O) groups excluding carboxylic acids is 3. The van der Waals surface area contributed by atoms with Gasteiger partial charge in [0, 0.05) is 23.7 Å². The minimum absolute atomic E-state index is 0.0471. The lowest BCUT2D eigenvalue weighted by Crippen LogP contribution is -2.49. The predicted octanol–water partition coefficient (Wildman–Crippen LogP) is 3.75. The molecule has 7 nitrogen and oxygen atoms in total. The Morgan fingerprint density at radius 1 is 0.875 bits per heavy atom. The fraction of sp³-hybridized carbons (Fsp3) is 0.400. The maximum atomic E-state index is 12.7. The Bertz CT molecular complexity index is 906. The van der Waals surface area contributed by atoms with Crippen LogP contribution in [-0.4, -0.2) is 30.4 Å². The molecule has 2 rings (SSSR count). The van der Waals surface area contributed by atoms with Crippen LogP contribution in [0.15, 0.2) is 48.5 Å². The van der Waals surface area contributed by atoms with Crippen LogP contribution in [0.1, 0.15) is 50.5 Å². The normalized spacial score (nSPS) is 11.7. The van der Waals surface area contributed by atoms with Gasteiger partial charge in [-0.25, -0.2) is 0 Å². The predicted molar refractivity (Wildman–Crippen MR) is 125 cm³/mol. The fourth-order valence-electron chi connectivity index (χ4n) is 2.92. The number of benzene rings is 2. The third kappa shape index (κ3) is 7.41. The molecule has 0 radical (unpaired) electrons. The quantitative estimate of drug-likeness (QED) is 0.525. The van der Waals surface area contributed by atoms with E-state index in [1.807, 2.05) is 46.8 Å². The third-order valence-electron chi connectivity index (χ3n) is 4.88. The summed E-state index contributed by atoms with van der Waals surface area (Å²) in [5, 5.41) is 8.54. The minimum atomic E-state index is -0.668. The van der Waals surface area contributed by atoms with Gasteiger partial charge in [-0.3, -0.25) is 14.4 Å². The summed E-state index contributed by atoms with van der Waals surface area (Å²) in [6, 6.07) is 13.4. The van der Waals surface area contributed by atoms with Gasteiger partial charge in [0.25, 0.3) is 5.91 Å². The molecule has 1 unspecified atom stereocenters. The van der Waals surface area contributed by atoms with Gasteiger partial charge in [0.15, 0.2) is 0 Å². The number of carbonyl (C=O) groups is 3. The molecule has 2 aromatic rings. The summed E-state index contributed by atoms with van der Waals surface area (Å²) >= 11 is 0. The molecule has 0 aromatic heterocycles. The molecule has 1 atom stereocenters. The van der Waals surface area contributed by atoms with Gasteiger partial charge in [0.2, 0.25) is 11.8 Å². The van der Waals surface area contributed by atoms with Crippen LogP contribution in [0.2, 0.25) is 0 Å². The summed E-state index contributed by atoms with van der Waals surface area (Å²) in [5.41, 5.74) is 2.06. The Morgan fingerprint density at radius 3 is 2.03 bits per heavy atom. The zero-order valence-electron chi connectivity index (χ0n) is 19.4. The highest BCUT2D eigenvalue weighted by molar-refractivity contribution is 5.97. The first-order chi connectivity index (χ1) is 15.2. The second kappa shape index (κ2) is 11.9. The van der Waals surface area contributed by atoms with Crippen molar-refractivity contribution in [3.8, 4) is 5.75 Å². The van der Waals surface area contributed by atoms with Gasteiger partial charge in [0.1, 0.15) is 11.8 Å². The Labute approximate surface area is 189 Å². The van der Waals surface area contributed by atoms with E-state index in [1.165, 1.54) is 0 Å². The summed E-state index contributed by atoms with van der Waals surface area (Å²) in [5.74, 6) is -0.107. The van der Waals surface area contributed by atoms with E-state index in [2.05, 4.69) is 16.0 Å². The maximum absolute atomic E-state index is 12.7. The standard InChI is InChI=1S/C25H33N3O4/c1-6-32-21-13-9-19(10-14-21)24(30)28-22(16(2)3)25(31)26-15-18-7-11-20(12-8-18)27-23(29)17(4)5/h7-14,16-17,22H,6,15H2,1-5H3,(H,26,31)(H,27,29)(H,28,30). The lowest BCUT2D eigenvalue weighted by molar-refractivity contribution is -0.124. The molecular weight excluding hydrogens is 406 g/mol. The Balaban J connectivity index is 1.94. The summed E-state index contributed by atoms with van der Waals surface area (Å²) in [7, 11) is 0. The van der Waals surface area contributed by atoms with E-state index >= 15 is 0 Å². The van der Waals surface area contributed by atoms with E-state index in [4.69, 9.17) is 4.74 Å². The third-order valence-corrected chi connectivity index (χ3v) is 4.88. The van der Waals surface area contributed by atoms with Crippen LogP contribution in [-0.2, 0) is 16.1 Å². The summed E-state index contributed by atoms with van der Waals surface area (Å²) in [6.07, 6.45) is 0. The molecule has 172 valence electrons. The summed E-state index contributed by atoms with van der Waals surface area (Å²) < 4.78 is 5.39. The SMILES string of the molecule is CCOc1ccc(C(=O)NC(C(=O)NCc2ccc(NC(=O)C(C)C)cc2)C(C)C)cc1. The molecule has 0 spiro atoms. The van der Waals surface area contributed by atoms with Crippen molar-refractivity contribution in [2.75, 3.05) is 11.9 Å². The first-order valence-corrected chi connectivity index (χ1v) is 10.9. The number of amides is 3. The Morgan fingerprint density at radius 2 is 1.50 bits per heavy atom. The molecule has 7 heteroatoms. The van der Waals surface area contributed by atoms with Crippen LogP contribution in [0.3, 0.4) is 0 Å².